The zero-order valence-electron chi connectivity index (χ0n) is 10.2. The van der Waals surface area contributed by atoms with Gasteiger partial charge in [-0.3, -0.25) is 4.98 Å². The van der Waals surface area contributed by atoms with Gasteiger partial charge in [0.05, 0.1) is 19.5 Å². The molecule has 1 rings (SSSR count). The van der Waals surface area contributed by atoms with Crippen LogP contribution in [0.4, 0.5) is 5.82 Å². The molecular formula is C11H20N4O. The Kier molecular flexibility index (Phi) is 5.56. The van der Waals surface area contributed by atoms with E-state index in [1.807, 2.05) is 7.05 Å². The van der Waals surface area contributed by atoms with Gasteiger partial charge in [-0.25, -0.2) is 0 Å². The van der Waals surface area contributed by atoms with Gasteiger partial charge in [-0.1, -0.05) is 6.92 Å². The Bertz CT molecular complexity index is 306. The zero-order chi connectivity index (χ0) is 11.8. The van der Waals surface area contributed by atoms with Crippen LogP contribution in [0.1, 0.15) is 13.3 Å². The standard InChI is InChI=1S/C11H20N4O/c1-4-5-12-6-7-15(2)10-8-13-9-11(14-10)16-3/h8-9,12H,4-7H2,1-3H3. The molecule has 5 heteroatoms. The van der Waals surface area contributed by atoms with Crippen LogP contribution in [-0.2, 0) is 0 Å². The van der Waals surface area contributed by atoms with Crippen LogP contribution in [0.3, 0.4) is 0 Å². The van der Waals surface area contributed by atoms with Gasteiger partial charge in [-0.15, -0.1) is 0 Å². The molecule has 0 aromatic carbocycles. The predicted octanol–water partition coefficient (Wildman–Crippen LogP) is 0.921. The number of rotatable bonds is 7. The minimum atomic E-state index is 0.547. The van der Waals surface area contributed by atoms with Crippen LogP contribution < -0.4 is 15.0 Å². The Morgan fingerprint density at radius 2 is 2.19 bits per heavy atom. The highest BCUT2D eigenvalue weighted by Crippen LogP contribution is 2.11. The second-order valence-electron chi connectivity index (χ2n) is 3.59. The number of aromatic nitrogens is 2. The zero-order valence-corrected chi connectivity index (χ0v) is 10.2. The maximum absolute atomic E-state index is 5.03. The smallest absolute Gasteiger partial charge is 0.233 e. The second-order valence-corrected chi connectivity index (χ2v) is 3.59. The van der Waals surface area contributed by atoms with E-state index in [9.17, 15) is 0 Å². The molecule has 0 spiro atoms. The molecule has 1 aromatic heterocycles. The first-order valence-electron chi connectivity index (χ1n) is 5.55. The molecule has 90 valence electrons. The van der Waals surface area contributed by atoms with Gasteiger partial charge in [0.15, 0.2) is 5.82 Å². The van der Waals surface area contributed by atoms with Gasteiger partial charge in [0, 0.05) is 20.1 Å². The molecule has 0 atom stereocenters. The van der Waals surface area contributed by atoms with E-state index in [-0.39, 0.29) is 0 Å². The molecule has 0 aliphatic carbocycles. The summed E-state index contributed by atoms with van der Waals surface area (Å²) in [5, 5.41) is 3.34. The van der Waals surface area contributed by atoms with E-state index in [1.54, 1.807) is 19.5 Å². The molecule has 0 bridgehead atoms. The van der Waals surface area contributed by atoms with Crippen LogP contribution >= 0.6 is 0 Å². The summed E-state index contributed by atoms with van der Waals surface area (Å²) in [6, 6.07) is 0. The normalized spacial score (nSPS) is 10.2. The summed E-state index contributed by atoms with van der Waals surface area (Å²) in [4.78, 5) is 10.4. The fraction of sp³-hybridized carbons (Fsp3) is 0.636. The predicted molar refractivity (Wildman–Crippen MR) is 65.0 cm³/mol. The van der Waals surface area contributed by atoms with Crippen LogP contribution in [0.15, 0.2) is 12.4 Å². The Morgan fingerprint density at radius 3 is 2.88 bits per heavy atom. The minimum Gasteiger partial charge on any atom is -0.480 e. The van der Waals surface area contributed by atoms with Crippen molar-refractivity contribution in [3.8, 4) is 5.88 Å². The first-order chi connectivity index (χ1) is 7.77. The summed E-state index contributed by atoms with van der Waals surface area (Å²) in [5.74, 6) is 1.38. The van der Waals surface area contributed by atoms with Gasteiger partial charge in [0.1, 0.15) is 0 Å². The lowest BCUT2D eigenvalue weighted by Gasteiger charge is -2.18. The van der Waals surface area contributed by atoms with E-state index in [1.165, 1.54) is 0 Å². The molecule has 1 aromatic rings. The number of likely N-dealkylation sites (N-methyl/N-ethyl adjacent to an activating group) is 1. The molecule has 0 aliphatic rings. The lowest BCUT2D eigenvalue weighted by molar-refractivity contribution is 0.395. The Labute approximate surface area is 96.8 Å². The van der Waals surface area contributed by atoms with Crippen molar-refractivity contribution in [1.29, 1.82) is 0 Å². The number of nitrogens with zero attached hydrogens (tertiary/aromatic N) is 3. The number of anilines is 1. The number of hydrogen-bond donors (Lipinski definition) is 1. The molecule has 0 aliphatic heterocycles. The summed E-state index contributed by atoms with van der Waals surface area (Å²) in [6.07, 6.45) is 4.50. The van der Waals surface area contributed by atoms with Crippen LogP contribution in [-0.4, -0.2) is 43.8 Å². The van der Waals surface area contributed by atoms with Gasteiger partial charge in [0.2, 0.25) is 5.88 Å². The summed E-state index contributed by atoms with van der Waals surface area (Å²) >= 11 is 0. The van der Waals surface area contributed by atoms with Crippen LogP contribution in [0, 0.1) is 0 Å². The van der Waals surface area contributed by atoms with Gasteiger partial charge in [0.25, 0.3) is 0 Å². The van der Waals surface area contributed by atoms with Gasteiger partial charge in [-0.05, 0) is 13.0 Å². The molecular weight excluding hydrogens is 204 g/mol. The summed E-state index contributed by atoms with van der Waals surface area (Å²) < 4.78 is 5.03. The molecule has 1 N–H and O–H groups in total. The molecule has 1 heterocycles. The SMILES string of the molecule is CCCNCCN(C)c1cncc(OC)n1. The van der Waals surface area contributed by atoms with Crippen LogP contribution in [0.2, 0.25) is 0 Å². The Balaban J connectivity index is 2.42. The van der Waals surface area contributed by atoms with Crippen molar-refractivity contribution >= 4 is 5.82 Å². The van der Waals surface area contributed by atoms with Gasteiger partial charge >= 0.3 is 0 Å². The maximum Gasteiger partial charge on any atom is 0.233 e. The number of methoxy groups -OCH3 is 1. The maximum atomic E-state index is 5.03. The molecule has 0 saturated heterocycles. The van der Waals surface area contributed by atoms with Crippen molar-refractivity contribution in [2.45, 2.75) is 13.3 Å². The second kappa shape index (κ2) is 7.00. The molecule has 0 unspecified atom stereocenters. The molecule has 0 saturated carbocycles. The Morgan fingerprint density at radius 1 is 1.38 bits per heavy atom. The Hall–Kier alpha value is -1.36. The quantitative estimate of drug-likeness (QED) is 0.698. The average molecular weight is 224 g/mol. The molecule has 0 radical (unpaired) electrons. The van der Waals surface area contributed by atoms with Crippen LogP contribution in [0.25, 0.3) is 0 Å². The molecule has 5 nitrogen and oxygen atoms in total. The first kappa shape index (κ1) is 12.7. The van der Waals surface area contributed by atoms with E-state index < -0.39 is 0 Å². The number of nitrogens with one attached hydrogen (secondary N) is 1. The van der Waals surface area contributed by atoms with Gasteiger partial charge in [-0.2, -0.15) is 4.98 Å². The van der Waals surface area contributed by atoms with Crippen molar-refractivity contribution in [2.75, 3.05) is 38.7 Å². The minimum absolute atomic E-state index is 0.547. The third-order valence-corrected chi connectivity index (χ3v) is 2.25. The highest BCUT2D eigenvalue weighted by Gasteiger charge is 2.03. The topological polar surface area (TPSA) is 50.3 Å². The monoisotopic (exact) mass is 224 g/mol. The number of hydrogen-bond acceptors (Lipinski definition) is 5. The van der Waals surface area contributed by atoms with Crippen molar-refractivity contribution in [2.24, 2.45) is 0 Å². The summed E-state index contributed by atoms with van der Waals surface area (Å²) in [5.41, 5.74) is 0. The molecule has 0 amide bonds. The van der Waals surface area contributed by atoms with E-state index in [0.29, 0.717) is 5.88 Å². The summed E-state index contributed by atoms with van der Waals surface area (Å²) in [7, 11) is 3.59. The van der Waals surface area contributed by atoms with Gasteiger partial charge < -0.3 is 15.0 Å². The average Bonchev–Trinajstić information content (AvgIpc) is 2.34. The fourth-order valence-electron chi connectivity index (χ4n) is 1.28. The van der Waals surface area contributed by atoms with E-state index in [4.69, 9.17) is 4.74 Å². The lowest BCUT2D eigenvalue weighted by atomic mass is 10.4. The molecule has 16 heavy (non-hydrogen) atoms. The largest absolute Gasteiger partial charge is 0.480 e. The van der Waals surface area contributed by atoms with Crippen molar-refractivity contribution in [3.05, 3.63) is 12.4 Å². The van der Waals surface area contributed by atoms with E-state index in [0.717, 1.165) is 31.9 Å². The van der Waals surface area contributed by atoms with Crippen molar-refractivity contribution in [1.82, 2.24) is 15.3 Å². The highest BCUT2D eigenvalue weighted by atomic mass is 16.5. The lowest BCUT2D eigenvalue weighted by Crippen LogP contribution is -2.30. The number of ether oxygens (including phenoxy) is 1. The van der Waals surface area contributed by atoms with E-state index in [2.05, 4.69) is 27.1 Å². The highest BCUT2D eigenvalue weighted by molar-refractivity contribution is 5.36. The van der Waals surface area contributed by atoms with Crippen molar-refractivity contribution < 1.29 is 4.74 Å². The first-order valence-corrected chi connectivity index (χ1v) is 5.55. The fourth-order valence-corrected chi connectivity index (χ4v) is 1.28. The summed E-state index contributed by atoms with van der Waals surface area (Å²) in [6.45, 7) is 5.06. The van der Waals surface area contributed by atoms with E-state index >= 15 is 0 Å². The third-order valence-electron chi connectivity index (χ3n) is 2.25. The van der Waals surface area contributed by atoms with Crippen LogP contribution in [0.5, 0.6) is 5.88 Å². The third kappa shape index (κ3) is 4.02. The molecule has 0 fully saturated rings. The van der Waals surface area contributed by atoms with Crippen molar-refractivity contribution in [3.63, 3.8) is 0 Å².